The normalized spacial score (nSPS) is 10.4. The number of carbonyl (C=O) groups excluding carboxylic acids is 1. The van der Waals surface area contributed by atoms with E-state index in [1.54, 1.807) is 12.1 Å². The number of anilines is 2. The highest BCUT2D eigenvalue weighted by Gasteiger charge is 2.20. The average Bonchev–Trinajstić information content (AvgIpc) is 2.81. The van der Waals surface area contributed by atoms with E-state index in [0.717, 1.165) is 11.3 Å². The molecule has 4 N–H and O–H groups in total. The van der Waals surface area contributed by atoms with Gasteiger partial charge in [0.25, 0.3) is 5.91 Å². The average molecular weight is 283 g/mol. The molecular formula is C15H17N5O. The van der Waals surface area contributed by atoms with Crippen LogP contribution in [0.4, 0.5) is 11.4 Å². The second-order valence-corrected chi connectivity index (χ2v) is 5.12. The number of hydrogen-bond donors (Lipinski definition) is 3. The van der Waals surface area contributed by atoms with Gasteiger partial charge in [-0.1, -0.05) is 26.0 Å². The fourth-order valence-corrected chi connectivity index (χ4v) is 2.08. The Kier molecular flexibility index (Phi) is 3.94. The van der Waals surface area contributed by atoms with E-state index in [4.69, 9.17) is 11.0 Å². The number of H-pyrrole nitrogens is 1. The fraction of sp³-hybridized carbons (Fsp3) is 0.267. The van der Waals surface area contributed by atoms with E-state index in [2.05, 4.69) is 21.6 Å². The molecule has 6 heteroatoms. The number of carbonyl (C=O) groups is 1. The zero-order valence-electron chi connectivity index (χ0n) is 12.2. The Labute approximate surface area is 123 Å². The summed E-state index contributed by atoms with van der Waals surface area (Å²) in [6.45, 7) is 5.73. The summed E-state index contributed by atoms with van der Waals surface area (Å²) < 4.78 is 0. The molecule has 2 rings (SSSR count). The number of nitriles is 1. The van der Waals surface area contributed by atoms with Gasteiger partial charge in [-0.25, -0.2) is 0 Å². The van der Waals surface area contributed by atoms with Gasteiger partial charge in [0.2, 0.25) is 0 Å². The van der Waals surface area contributed by atoms with E-state index < -0.39 is 5.91 Å². The van der Waals surface area contributed by atoms with Gasteiger partial charge in [-0.05, 0) is 24.5 Å². The van der Waals surface area contributed by atoms with Crippen LogP contribution in [0.25, 0.3) is 0 Å². The molecule has 0 aliphatic rings. The molecule has 6 nitrogen and oxygen atoms in total. The third kappa shape index (κ3) is 2.72. The smallest absolute Gasteiger partial charge is 0.278 e. The second-order valence-electron chi connectivity index (χ2n) is 5.12. The lowest BCUT2D eigenvalue weighted by atomic mass is 10.1. The van der Waals surface area contributed by atoms with E-state index in [0.29, 0.717) is 16.9 Å². The van der Waals surface area contributed by atoms with Crippen LogP contribution in [-0.2, 0) is 0 Å². The lowest BCUT2D eigenvalue weighted by Crippen LogP contribution is -2.15. The number of hydrogen-bond acceptors (Lipinski definition) is 4. The van der Waals surface area contributed by atoms with Gasteiger partial charge in [0, 0.05) is 0 Å². The summed E-state index contributed by atoms with van der Waals surface area (Å²) in [5.74, 6) is -0.287. The van der Waals surface area contributed by atoms with Crippen molar-refractivity contribution in [2.24, 2.45) is 0 Å². The molecule has 0 bridgehead atoms. The first-order chi connectivity index (χ1) is 9.95. The number of nitrogen functional groups attached to an aromatic ring is 1. The highest BCUT2D eigenvalue weighted by atomic mass is 16.2. The van der Waals surface area contributed by atoms with Gasteiger partial charge in [-0.15, -0.1) is 0 Å². The SMILES string of the molecule is Cc1cccc(NC(=O)c2n[nH]c(C(C)C)c2N)c1C#N. The van der Waals surface area contributed by atoms with Gasteiger partial charge in [0.1, 0.15) is 6.07 Å². The van der Waals surface area contributed by atoms with Gasteiger partial charge < -0.3 is 11.1 Å². The minimum atomic E-state index is -0.433. The quantitative estimate of drug-likeness (QED) is 0.804. The van der Waals surface area contributed by atoms with Crippen LogP contribution in [0, 0.1) is 18.3 Å². The molecule has 0 saturated heterocycles. The maximum atomic E-state index is 12.3. The van der Waals surface area contributed by atoms with E-state index in [1.807, 2.05) is 26.8 Å². The van der Waals surface area contributed by atoms with Crippen molar-refractivity contribution in [3.63, 3.8) is 0 Å². The van der Waals surface area contributed by atoms with E-state index in [1.165, 1.54) is 0 Å². The van der Waals surface area contributed by atoms with Crippen LogP contribution in [0.15, 0.2) is 18.2 Å². The molecule has 1 heterocycles. The van der Waals surface area contributed by atoms with Crippen LogP contribution in [-0.4, -0.2) is 16.1 Å². The van der Waals surface area contributed by atoms with Crippen LogP contribution in [0.3, 0.4) is 0 Å². The van der Waals surface area contributed by atoms with Gasteiger partial charge in [-0.2, -0.15) is 10.4 Å². The van der Waals surface area contributed by atoms with Gasteiger partial charge in [-0.3, -0.25) is 9.89 Å². The molecule has 0 spiro atoms. The van der Waals surface area contributed by atoms with Crippen molar-refractivity contribution in [2.75, 3.05) is 11.1 Å². The molecule has 0 aliphatic heterocycles. The van der Waals surface area contributed by atoms with Crippen LogP contribution >= 0.6 is 0 Å². The lowest BCUT2D eigenvalue weighted by Gasteiger charge is -2.08. The number of amides is 1. The Morgan fingerprint density at radius 3 is 2.76 bits per heavy atom. The van der Waals surface area contributed by atoms with E-state index in [-0.39, 0.29) is 11.6 Å². The van der Waals surface area contributed by atoms with Crippen LogP contribution < -0.4 is 11.1 Å². The van der Waals surface area contributed by atoms with Crippen LogP contribution in [0.1, 0.15) is 47.1 Å². The molecule has 1 aromatic heterocycles. The molecule has 0 radical (unpaired) electrons. The summed E-state index contributed by atoms with van der Waals surface area (Å²) in [5, 5.41) is 18.6. The van der Waals surface area contributed by atoms with Crippen LogP contribution in [0.2, 0.25) is 0 Å². The molecule has 0 fully saturated rings. The third-order valence-corrected chi connectivity index (χ3v) is 3.26. The van der Waals surface area contributed by atoms with Gasteiger partial charge in [0.15, 0.2) is 5.69 Å². The summed E-state index contributed by atoms with van der Waals surface area (Å²) >= 11 is 0. The van der Waals surface area contributed by atoms with Crippen molar-refractivity contribution in [3.8, 4) is 6.07 Å². The Bertz CT molecular complexity index is 724. The fourth-order valence-electron chi connectivity index (χ4n) is 2.08. The minimum Gasteiger partial charge on any atom is -0.395 e. The molecule has 108 valence electrons. The number of nitrogens with zero attached hydrogens (tertiary/aromatic N) is 2. The maximum absolute atomic E-state index is 12.3. The monoisotopic (exact) mass is 283 g/mol. The highest BCUT2D eigenvalue weighted by Crippen LogP contribution is 2.24. The minimum absolute atomic E-state index is 0.143. The number of nitrogens with two attached hydrogens (primary N) is 1. The van der Waals surface area contributed by atoms with E-state index in [9.17, 15) is 4.79 Å². The Hall–Kier alpha value is -2.81. The number of nitrogens with one attached hydrogen (secondary N) is 2. The number of aryl methyl sites for hydroxylation is 1. The standard InChI is InChI=1S/C15H17N5O/c1-8(2)13-12(17)14(20-19-13)15(21)18-11-6-4-5-9(3)10(11)7-16/h4-6,8H,17H2,1-3H3,(H,18,21)(H,19,20). The predicted molar refractivity (Wildman–Crippen MR) is 80.9 cm³/mol. The number of rotatable bonds is 3. The molecule has 1 amide bonds. The van der Waals surface area contributed by atoms with Gasteiger partial charge in [0.05, 0.1) is 22.6 Å². The third-order valence-electron chi connectivity index (χ3n) is 3.26. The van der Waals surface area contributed by atoms with Crippen molar-refractivity contribution in [1.82, 2.24) is 10.2 Å². The van der Waals surface area contributed by atoms with Crippen molar-refractivity contribution in [1.29, 1.82) is 5.26 Å². The zero-order valence-corrected chi connectivity index (χ0v) is 12.2. The molecule has 1 aromatic carbocycles. The molecule has 0 aliphatic carbocycles. The first-order valence-corrected chi connectivity index (χ1v) is 6.60. The van der Waals surface area contributed by atoms with Crippen molar-refractivity contribution in [3.05, 3.63) is 40.7 Å². The molecule has 0 unspecified atom stereocenters. The number of benzene rings is 1. The summed E-state index contributed by atoms with van der Waals surface area (Å²) in [5.41, 5.74) is 8.84. The summed E-state index contributed by atoms with van der Waals surface area (Å²) in [6, 6.07) is 7.35. The van der Waals surface area contributed by atoms with E-state index >= 15 is 0 Å². The number of aromatic amines is 1. The first-order valence-electron chi connectivity index (χ1n) is 6.60. The molecule has 21 heavy (non-hydrogen) atoms. The first kappa shape index (κ1) is 14.6. The largest absolute Gasteiger partial charge is 0.395 e. The maximum Gasteiger partial charge on any atom is 0.278 e. The van der Waals surface area contributed by atoms with Gasteiger partial charge >= 0.3 is 0 Å². The Morgan fingerprint density at radius 1 is 1.48 bits per heavy atom. The van der Waals surface area contributed by atoms with Crippen molar-refractivity contribution < 1.29 is 4.79 Å². The van der Waals surface area contributed by atoms with Crippen LogP contribution in [0.5, 0.6) is 0 Å². The molecule has 0 atom stereocenters. The summed E-state index contributed by atoms with van der Waals surface area (Å²) in [7, 11) is 0. The van der Waals surface area contributed by atoms with Crippen molar-refractivity contribution in [2.45, 2.75) is 26.7 Å². The summed E-state index contributed by atoms with van der Waals surface area (Å²) in [6.07, 6.45) is 0. The lowest BCUT2D eigenvalue weighted by molar-refractivity contribution is 0.102. The Morgan fingerprint density at radius 2 is 2.19 bits per heavy atom. The highest BCUT2D eigenvalue weighted by molar-refractivity contribution is 6.07. The molecule has 2 aromatic rings. The zero-order chi connectivity index (χ0) is 15.6. The predicted octanol–water partition coefficient (Wildman–Crippen LogP) is 2.55. The topological polar surface area (TPSA) is 108 Å². The second kappa shape index (κ2) is 5.67. The molecular weight excluding hydrogens is 266 g/mol. The molecule has 0 saturated carbocycles. The summed E-state index contributed by atoms with van der Waals surface area (Å²) in [4.78, 5) is 12.3. The number of aromatic nitrogens is 2. The Balaban J connectivity index is 2.32. The van der Waals surface area contributed by atoms with Crippen molar-refractivity contribution >= 4 is 17.3 Å².